The zero-order chi connectivity index (χ0) is 55.9. The van der Waals surface area contributed by atoms with Crippen molar-refractivity contribution in [2.75, 3.05) is 0 Å². The molecule has 0 atom stereocenters. The highest BCUT2D eigenvalue weighted by Crippen LogP contribution is 2.28. The lowest BCUT2D eigenvalue weighted by Gasteiger charge is -2.09. The maximum absolute atomic E-state index is 4.93. The van der Waals surface area contributed by atoms with Gasteiger partial charge in [0.25, 0.3) is 0 Å². The van der Waals surface area contributed by atoms with Crippen LogP contribution in [-0.2, 0) is 0 Å². The number of aryl methyl sites for hydroxylation is 4. The summed E-state index contributed by atoms with van der Waals surface area (Å²) >= 11 is 0. The van der Waals surface area contributed by atoms with Gasteiger partial charge < -0.3 is 0 Å². The molecule has 392 valence electrons. The summed E-state index contributed by atoms with van der Waals surface area (Å²) in [5, 5.41) is 0. The van der Waals surface area contributed by atoms with Crippen molar-refractivity contribution in [3.63, 3.8) is 0 Å². The van der Waals surface area contributed by atoms with Crippen LogP contribution in [0.2, 0.25) is 0 Å². The van der Waals surface area contributed by atoms with E-state index in [9.17, 15) is 0 Å². The zero-order valence-electron chi connectivity index (χ0n) is 47.8. The van der Waals surface area contributed by atoms with Gasteiger partial charge in [0.15, 0.2) is 0 Å². The number of rotatable bonds is 11. The Morgan fingerprint density at radius 1 is 0.231 bits per heavy atom. The van der Waals surface area contributed by atoms with Crippen LogP contribution in [0.15, 0.2) is 174 Å². The Labute approximate surface area is 462 Å². The van der Waals surface area contributed by atoms with Crippen LogP contribution in [0.25, 0.3) is 98.7 Å². The minimum atomic E-state index is 0.846. The zero-order valence-corrected chi connectivity index (χ0v) is 47.8. The molecule has 0 aromatic carbocycles. The van der Waals surface area contributed by atoms with E-state index in [1.54, 1.807) is 0 Å². The van der Waals surface area contributed by atoms with Gasteiger partial charge in [-0.1, -0.05) is 58.2 Å². The average molecular weight is 1030 g/mol. The lowest BCUT2D eigenvalue weighted by atomic mass is 10.1. The van der Waals surface area contributed by atoms with Crippen LogP contribution in [0.4, 0.5) is 0 Å². The summed E-state index contributed by atoms with van der Waals surface area (Å²) in [7, 11) is 0. The van der Waals surface area contributed by atoms with E-state index in [4.69, 9.17) is 15.0 Å². The molecule has 0 N–H and O–H groups in total. The van der Waals surface area contributed by atoms with Crippen LogP contribution in [0.3, 0.4) is 0 Å². The van der Waals surface area contributed by atoms with Gasteiger partial charge in [-0.05, 0) is 256 Å². The molecule has 0 aliphatic heterocycles. The van der Waals surface area contributed by atoms with Crippen molar-refractivity contribution in [3.05, 3.63) is 224 Å². The van der Waals surface area contributed by atoms with Gasteiger partial charge in [0.1, 0.15) is 0 Å². The first-order valence-electron chi connectivity index (χ1n) is 26.3. The lowest BCUT2D eigenvalue weighted by molar-refractivity contribution is 1.19. The Hall–Kier alpha value is -8.95. The summed E-state index contributed by atoms with van der Waals surface area (Å²) in [6.07, 6.45) is 21.7. The third-order valence-electron chi connectivity index (χ3n) is 11.6. The Morgan fingerprint density at radius 2 is 0.423 bits per heavy atom. The number of hydrogen-bond donors (Lipinski definition) is 0. The van der Waals surface area contributed by atoms with E-state index >= 15 is 0 Å². The maximum atomic E-state index is 4.93. The Balaban J connectivity index is 0.000000172. The molecule has 0 aliphatic carbocycles. The van der Waals surface area contributed by atoms with E-state index < -0.39 is 0 Å². The molecule has 0 amide bonds. The summed E-state index contributed by atoms with van der Waals surface area (Å²) in [6, 6.07) is 36.9. The molecule has 0 saturated heterocycles. The molecule has 9 rings (SSSR count). The maximum Gasteiger partial charge on any atom is 0.0900 e. The SMILES string of the molecule is CC(C)=Cc1ccnc(-c2cc(C)cc(-c3cc(C=C(C)C)ccn3)n2)c1.CC(C)=Cc1ccnc(-c2cc(C=C(C)C)cc(-c3cc(C=C(C)C)ccn3)n2)c1.Cc1ccnc(-c2cc(C)cc(-c3cc(C)ccn3)n2)c1. The molecule has 0 saturated carbocycles. The fourth-order valence-electron chi connectivity index (χ4n) is 8.48. The van der Waals surface area contributed by atoms with Gasteiger partial charge in [0.2, 0.25) is 0 Å². The molecule has 0 spiro atoms. The van der Waals surface area contributed by atoms with Gasteiger partial charge >= 0.3 is 0 Å². The van der Waals surface area contributed by atoms with Crippen molar-refractivity contribution in [3.8, 4) is 68.3 Å². The smallest absolute Gasteiger partial charge is 0.0900 e. The molecule has 0 radical (unpaired) electrons. The van der Waals surface area contributed by atoms with Gasteiger partial charge in [-0.15, -0.1) is 0 Å². The third kappa shape index (κ3) is 17.0. The van der Waals surface area contributed by atoms with Crippen LogP contribution < -0.4 is 0 Å². The van der Waals surface area contributed by atoms with Crippen LogP contribution in [0.1, 0.15) is 119 Å². The largest absolute Gasteiger partial charge is 0.255 e. The number of pyridine rings is 9. The van der Waals surface area contributed by atoms with E-state index in [-0.39, 0.29) is 0 Å². The first-order chi connectivity index (χ1) is 37.3. The average Bonchev–Trinajstić information content (AvgIpc) is 3.39. The molecule has 9 heteroatoms. The number of nitrogens with zero attached hydrogens (tertiary/aromatic N) is 9. The van der Waals surface area contributed by atoms with Gasteiger partial charge in [0.05, 0.1) is 68.3 Å². The monoisotopic (exact) mass is 1030 g/mol. The highest BCUT2D eigenvalue weighted by Gasteiger charge is 2.12. The number of aromatic nitrogens is 9. The van der Waals surface area contributed by atoms with E-state index in [1.807, 2.05) is 73.6 Å². The summed E-state index contributed by atoms with van der Waals surface area (Å²) in [5.41, 5.74) is 26.9. The molecule has 0 unspecified atom stereocenters. The molecular weight excluding hydrogens is 955 g/mol. The standard InChI is InChI=1S/C27H29N3.C24H25N3.C18H17N3/c1-18(2)11-21-7-9-28-24(14-21)26-16-23(13-20(5)6)17-27(30-26)25-15-22(8-10-29-25)12-19(3)4;1-16(2)10-19-6-8-25-21(14-19)23-12-18(5)13-24(27-23)22-15-20(7-9-26-22)11-17(3)4;1-12-4-6-19-15(8-12)17-10-14(3)11-18(21-17)16-9-13(2)5-7-20-16/h7-17H,1-6H3;6-15H,1-5H3;4-11H,1-3H3. The number of allylic oxidation sites excluding steroid dienone is 5. The third-order valence-corrected chi connectivity index (χ3v) is 11.6. The van der Waals surface area contributed by atoms with Crippen molar-refractivity contribution < 1.29 is 0 Å². The van der Waals surface area contributed by atoms with Gasteiger partial charge in [-0.3, -0.25) is 29.9 Å². The topological polar surface area (TPSA) is 116 Å². The van der Waals surface area contributed by atoms with Crippen molar-refractivity contribution in [1.29, 1.82) is 0 Å². The minimum Gasteiger partial charge on any atom is -0.255 e. The molecular formula is C69H71N9. The van der Waals surface area contributed by atoms with Gasteiger partial charge in [-0.2, -0.15) is 0 Å². The van der Waals surface area contributed by atoms with Crippen LogP contribution in [0, 0.1) is 27.7 Å². The van der Waals surface area contributed by atoms with Gasteiger partial charge in [0, 0.05) is 37.2 Å². The first kappa shape index (κ1) is 56.8. The Bertz CT molecular complexity index is 3500. The van der Waals surface area contributed by atoms with E-state index in [2.05, 4.69) is 230 Å². The minimum absolute atomic E-state index is 0.846. The summed E-state index contributed by atoms with van der Waals surface area (Å²) in [6.45, 7) is 29.2. The number of hydrogen-bond acceptors (Lipinski definition) is 9. The lowest BCUT2D eigenvalue weighted by Crippen LogP contribution is -1.95. The van der Waals surface area contributed by atoms with Crippen LogP contribution in [0.5, 0.6) is 0 Å². The van der Waals surface area contributed by atoms with Crippen molar-refractivity contribution in [2.45, 2.75) is 96.9 Å². The van der Waals surface area contributed by atoms with Crippen molar-refractivity contribution in [1.82, 2.24) is 44.9 Å². The van der Waals surface area contributed by atoms with Crippen molar-refractivity contribution >= 4 is 30.4 Å². The molecule has 9 heterocycles. The van der Waals surface area contributed by atoms with Crippen molar-refractivity contribution in [2.24, 2.45) is 0 Å². The molecule has 0 fully saturated rings. The summed E-state index contributed by atoms with van der Waals surface area (Å²) in [4.78, 5) is 41.6. The second-order valence-electron chi connectivity index (χ2n) is 20.9. The fraction of sp³-hybridized carbons (Fsp3) is 0.203. The second kappa shape index (κ2) is 26.7. The molecule has 9 aromatic rings. The van der Waals surface area contributed by atoms with Crippen LogP contribution >= 0.6 is 0 Å². The highest BCUT2D eigenvalue weighted by atomic mass is 14.8. The summed E-state index contributed by atoms with van der Waals surface area (Å²) in [5.74, 6) is 0. The molecule has 78 heavy (non-hydrogen) atoms. The van der Waals surface area contributed by atoms with E-state index in [0.29, 0.717) is 0 Å². The predicted octanol–water partition coefficient (Wildman–Crippen LogP) is 18.0. The molecule has 0 aliphatic rings. The first-order valence-corrected chi connectivity index (χ1v) is 26.3. The molecule has 9 aromatic heterocycles. The molecule has 0 bridgehead atoms. The molecule has 9 nitrogen and oxygen atoms in total. The van der Waals surface area contributed by atoms with Crippen LogP contribution in [-0.4, -0.2) is 44.9 Å². The normalized spacial score (nSPS) is 10.4. The predicted molar refractivity (Wildman–Crippen MR) is 328 cm³/mol. The quantitative estimate of drug-likeness (QED) is 0.125. The Kier molecular flexibility index (Phi) is 19.4. The Morgan fingerprint density at radius 3 is 0.667 bits per heavy atom. The fourth-order valence-corrected chi connectivity index (χ4v) is 8.48. The van der Waals surface area contributed by atoms with Gasteiger partial charge in [-0.25, -0.2) is 15.0 Å². The second-order valence-corrected chi connectivity index (χ2v) is 20.9. The van der Waals surface area contributed by atoms with E-state index in [0.717, 1.165) is 107 Å². The van der Waals surface area contributed by atoms with E-state index in [1.165, 1.54) is 39.0 Å². The highest BCUT2D eigenvalue weighted by molar-refractivity contribution is 5.72. The summed E-state index contributed by atoms with van der Waals surface area (Å²) < 4.78 is 0.